The SMILES string of the molecule is CC(C)(C)C(=O)CC(=O)C(C)(C)C.CCCCc1[c-]c(-c2nc3ccc4c(-c5ccccc5)nc(-c5ccccc5)c5ccc(n2)c3c45)ccc1.CCCCc1[c-]c(-c2nc3ccc4c(-c5ccccc5)nc(-c5ccccc5)c5ccc(n2)c3c45)ccc1.[Ir]. The Morgan fingerprint density at radius 3 is 0.900 bits per heavy atom. The molecule has 0 saturated heterocycles. The van der Waals surface area contributed by atoms with Crippen LogP contribution in [0.3, 0.4) is 0 Å². The van der Waals surface area contributed by atoms with E-state index in [1.54, 1.807) is 0 Å². The number of Topliss-reactive ketones (excluding diaryl/α,β-unsaturated/α-hetero) is 2. The molecule has 10 aromatic carbocycles. The van der Waals surface area contributed by atoms with Crippen molar-refractivity contribution in [1.29, 1.82) is 0 Å². The van der Waals surface area contributed by atoms with Crippen LogP contribution in [0.15, 0.2) is 206 Å². The van der Waals surface area contributed by atoms with Crippen LogP contribution in [0.25, 0.3) is 133 Å². The van der Waals surface area contributed by atoms with Crippen LogP contribution in [-0.2, 0) is 42.5 Å². The Morgan fingerprint density at radius 1 is 0.344 bits per heavy atom. The molecule has 449 valence electrons. The molecule has 0 saturated carbocycles. The fraction of sp³-hybridized carbons (Fsp3) is 0.210. The number of hydrogen-bond acceptors (Lipinski definition) is 8. The molecule has 0 unspecified atom stereocenters. The van der Waals surface area contributed by atoms with E-state index >= 15 is 0 Å². The van der Waals surface area contributed by atoms with Crippen LogP contribution in [0, 0.1) is 23.0 Å². The largest absolute Gasteiger partial charge is 0.299 e. The van der Waals surface area contributed by atoms with Crippen molar-refractivity contribution in [2.24, 2.45) is 10.8 Å². The molecule has 0 spiro atoms. The van der Waals surface area contributed by atoms with Gasteiger partial charge in [-0.25, -0.2) is 9.97 Å². The number of ketones is 2. The molecule has 0 bridgehead atoms. The van der Waals surface area contributed by atoms with Gasteiger partial charge in [-0.1, -0.05) is 227 Å². The Bertz CT molecular complexity index is 4310. The molecule has 14 rings (SSSR count). The zero-order valence-corrected chi connectivity index (χ0v) is 54.8. The standard InChI is InChI=1S/2C35H26N3.C11H20O2.Ir/c2*1-2-3-11-23-12-10-17-26(22-23)35-36-29-20-18-27-31-28(19-21-30(37-35)32(29)31)34(25-15-8-5-9-16-25)38-33(27)24-13-6-4-7-14-24;1-10(2,3)8(12)7-9(13)11(4,5)6;/h2*4-10,12-21H,2-3,11H2,1H3;7H2,1-6H3;/q2*-1;;. The first-order valence-electron chi connectivity index (χ1n) is 31.2. The molecule has 14 aromatic rings. The third-order valence-corrected chi connectivity index (χ3v) is 16.6. The summed E-state index contributed by atoms with van der Waals surface area (Å²) in [5.41, 5.74) is 15.6. The smallest absolute Gasteiger partial charge is 0.145 e. The van der Waals surface area contributed by atoms with Crippen LogP contribution < -0.4 is 0 Å². The number of aryl methyl sites for hydroxylation is 2. The third kappa shape index (κ3) is 13.1. The van der Waals surface area contributed by atoms with E-state index in [0.717, 1.165) is 148 Å². The molecule has 0 amide bonds. The van der Waals surface area contributed by atoms with Crippen molar-refractivity contribution in [3.05, 3.63) is 230 Å². The van der Waals surface area contributed by atoms with Crippen molar-refractivity contribution in [1.82, 2.24) is 29.9 Å². The van der Waals surface area contributed by atoms with E-state index in [1.165, 1.54) is 34.7 Å². The first-order chi connectivity index (χ1) is 43.1. The van der Waals surface area contributed by atoms with Crippen molar-refractivity contribution in [2.45, 2.75) is 100 Å². The Balaban J connectivity index is 0.000000154. The molecule has 90 heavy (non-hydrogen) atoms. The predicted octanol–water partition coefficient (Wildman–Crippen LogP) is 20.4. The minimum Gasteiger partial charge on any atom is -0.299 e. The molecular weight excluding hydrogens is 1280 g/mol. The van der Waals surface area contributed by atoms with Gasteiger partial charge in [0.15, 0.2) is 0 Å². The average molecular weight is 1350 g/mol. The van der Waals surface area contributed by atoms with Crippen LogP contribution in [0.4, 0.5) is 0 Å². The first-order valence-corrected chi connectivity index (χ1v) is 31.2. The Labute approximate surface area is 541 Å². The molecule has 4 aromatic heterocycles. The van der Waals surface area contributed by atoms with Gasteiger partial charge in [0.2, 0.25) is 0 Å². The van der Waals surface area contributed by atoms with Gasteiger partial charge in [-0.2, -0.15) is 0 Å². The summed E-state index contributed by atoms with van der Waals surface area (Å²) in [5.74, 6) is 1.48. The van der Waals surface area contributed by atoms with E-state index in [4.69, 9.17) is 29.9 Å². The van der Waals surface area contributed by atoms with Crippen LogP contribution in [0.2, 0.25) is 0 Å². The number of carbonyl (C=O) groups excluding carboxylic acids is 2. The maximum Gasteiger partial charge on any atom is 0.145 e. The second-order valence-corrected chi connectivity index (χ2v) is 25.1. The van der Waals surface area contributed by atoms with Crippen LogP contribution in [0.1, 0.15) is 98.6 Å². The van der Waals surface area contributed by atoms with Crippen LogP contribution in [-0.4, -0.2) is 41.5 Å². The topological polar surface area (TPSA) is 111 Å². The maximum absolute atomic E-state index is 11.5. The van der Waals surface area contributed by atoms with Gasteiger partial charge in [0.05, 0.1) is 62.9 Å². The number of unbranched alkanes of at least 4 members (excludes halogenated alkanes) is 2. The van der Waals surface area contributed by atoms with Gasteiger partial charge in [-0.05, 0) is 37.1 Å². The summed E-state index contributed by atoms with van der Waals surface area (Å²) >= 11 is 0. The van der Waals surface area contributed by atoms with E-state index in [9.17, 15) is 9.59 Å². The monoisotopic (exact) mass is 1350 g/mol. The Kier molecular flexibility index (Phi) is 18.6. The van der Waals surface area contributed by atoms with Gasteiger partial charge < -0.3 is 0 Å². The van der Waals surface area contributed by atoms with Gasteiger partial charge in [0.1, 0.15) is 11.6 Å². The Hall–Kier alpha value is -9.27. The van der Waals surface area contributed by atoms with Gasteiger partial charge >= 0.3 is 0 Å². The first kappa shape index (κ1) is 62.3. The van der Waals surface area contributed by atoms with Crippen LogP contribution in [0.5, 0.6) is 0 Å². The van der Waals surface area contributed by atoms with Gasteiger partial charge in [0, 0.05) is 96.3 Å². The van der Waals surface area contributed by atoms with E-state index in [2.05, 4.69) is 208 Å². The third-order valence-electron chi connectivity index (χ3n) is 16.6. The fourth-order valence-corrected chi connectivity index (χ4v) is 11.6. The molecular formula is C81H72IrN6O2-2. The molecule has 0 aliphatic rings. The van der Waals surface area contributed by atoms with Crippen molar-refractivity contribution in [3.63, 3.8) is 0 Å². The quantitative estimate of drug-likeness (QED) is 0.0601. The number of nitrogens with zero attached hydrogens (tertiary/aromatic N) is 6. The minimum absolute atomic E-state index is 0. The summed E-state index contributed by atoms with van der Waals surface area (Å²) in [6.07, 6.45) is 6.75. The molecule has 4 heterocycles. The number of rotatable bonds is 14. The number of hydrogen-bond donors (Lipinski definition) is 0. The molecule has 0 aliphatic carbocycles. The average Bonchev–Trinajstić information content (AvgIpc) is 0.739. The molecule has 9 heteroatoms. The normalized spacial score (nSPS) is 11.6. The predicted molar refractivity (Wildman–Crippen MR) is 368 cm³/mol. The summed E-state index contributed by atoms with van der Waals surface area (Å²) in [5, 5.41) is 8.98. The number of aromatic nitrogens is 6. The molecule has 0 fully saturated rings. The maximum atomic E-state index is 11.5. The second kappa shape index (κ2) is 26.8. The van der Waals surface area contributed by atoms with E-state index in [-0.39, 0.29) is 38.1 Å². The van der Waals surface area contributed by atoms with E-state index in [0.29, 0.717) is 0 Å². The number of pyridine rings is 2. The summed E-state index contributed by atoms with van der Waals surface area (Å²) in [4.78, 5) is 53.7. The number of benzene rings is 10. The van der Waals surface area contributed by atoms with Gasteiger partial charge in [-0.15, -0.1) is 70.8 Å². The molecule has 0 aliphatic heterocycles. The van der Waals surface area contributed by atoms with E-state index < -0.39 is 10.8 Å². The summed E-state index contributed by atoms with van der Waals surface area (Å²) in [6, 6.07) is 78.6. The van der Waals surface area contributed by atoms with Crippen molar-refractivity contribution in [3.8, 4) is 67.8 Å². The van der Waals surface area contributed by atoms with Crippen LogP contribution >= 0.6 is 0 Å². The minimum atomic E-state index is -0.402. The fourth-order valence-electron chi connectivity index (χ4n) is 11.6. The zero-order chi connectivity index (χ0) is 61.8. The molecule has 0 atom stereocenters. The Morgan fingerprint density at radius 2 is 0.633 bits per heavy atom. The van der Waals surface area contributed by atoms with Crippen molar-refractivity contribution >= 4 is 76.7 Å². The molecule has 0 N–H and O–H groups in total. The van der Waals surface area contributed by atoms with Crippen molar-refractivity contribution in [2.75, 3.05) is 0 Å². The van der Waals surface area contributed by atoms with Gasteiger partial charge in [0.25, 0.3) is 0 Å². The summed E-state index contributed by atoms with van der Waals surface area (Å²) in [6.45, 7) is 15.5. The van der Waals surface area contributed by atoms with Crippen molar-refractivity contribution < 1.29 is 29.7 Å². The number of carbonyl (C=O) groups is 2. The molecule has 1 radical (unpaired) electrons. The summed E-state index contributed by atoms with van der Waals surface area (Å²) < 4.78 is 0. The molecule has 8 nitrogen and oxygen atoms in total. The van der Waals surface area contributed by atoms with E-state index in [1.807, 2.05) is 65.8 Å². The van der Waals surface area contributed by atoms with Gasteiger partial charge in [-0.3, -0.25) is 29.5 Å². The summed E-state index contributed by atoms with van der Waals surface area (Å²) in [7, 11) is 0. The second-order valence-electron chi connectivity index (χ2n) is 25.1. The zero-order valence-electron chi connectivity index (χ0n) is 52.4.